The number of thiol groups is 1. The van der Waals surface area contributed by atoms with Crippen molar-refractivity contribution in [3.05, 3.63) is 24.9 Å². The maximum Gasteiger partial charge on any atom is 0.125 e. The summed E-state index contributed by atoms with van der Waals surface area (Å²) in [5, 5.41) is 0.177. The van der Waals surface area contributed by atoms with Gasteiger partial charge in [-0.2, -0.15) is 12.6 Å². The van der Waals surface area contributed by atoms with Gasteiger partial charge in [0, 0.05) is 23.6 Å². The Labute approximate surface area is 78.5 Å². The molecule has 0 radical (unpaired) electrons. The molecule has 0 spiro atoms. The summed E-state index contributed by atoms with van der Waals surface area (Å²) in [6.45, 7) is 5.47. The lowest BCUT2D eigenvalue weighted by Crippen LogP contribution is -1.92. The first-order chi connectivity index (χ1) is 5.70. The lowest BCUT2D eigenvalue weighted by atomic mass is 10.3. The van der Waals surface area contributed by atoms with Crippen LogP contribution >= 0.6 is 12.6 Å². The zero-order valence-electron chi connectivity index (χ0n) is 7.10. The van der Waals surface area contributed by atoms with Crippen LogP contribution in [0.25, 0.3) is 0 Å². The van der Waals surface area contributed by atoms with Crippen molar-refractivity contribution in [3.63, 3.8) is 0 Å². The third-order valence-electron chi connectivity index (χ3n) is 1.13. The van der Waals surface area contributed by atoms with Crippen molar-refractivity contribution in [3.8, 4) is 0 Å². The summed E-state index contributed by atoms with van der Waals surface area (Å²) in [6.07, 6.45) is 6.16. The smallest absolute Gasteiger partial charge is 0.125 e. The lowest BCUT2D eigenvalue weighted by molar-refractivity contribution is -0.106. The van der Waals surface area contributed by atoms with Crippen LogP contribution in [0.2, 0.25) is 0 Å². The molecule has 0 N–H and O–H groups in total. The van der Waals surface area contributed by atoms with Gasteiger partial charge in [-0.1, -0.05) is 12.7 Å². The molecule has 0 aromatic carbocycles. The van der Waals surface area contributed by atoms with E-state index in [1.807, 2.05) is 13.0 Å². The molecule has 1 unspecified atom stereocenters. The minimum absolute atomic E-state index is 0.177. The van der Waals surface area contributed by atoms with E-state index in [1.54, 1.807) is 12.3 Å². The average molecular weight is 183 g/mol. The van der Waals surface area contributed by atoms with Gasteiger partial charge in [-0.3, -0.25) is 4.99 Å². The number of hydrogen-bond donors (Lipinski definition) is 1. The summed E-state index contributed by atoms with van der Waals surface area (Å²) in [7, 11) is 0. The number of carbonyl (C=O) groups is 1. The summed E-state index contributed by atoms with van der Waals surface area (Å²) >= 11 is 4.13. The molecule has 1 atom stereocenters. The van der Waals surface area contributed by atoms with Gasteiger partial charge >= 0.3 is 0 Å². The largest absolute Gasteiger partial charge is 0.303 e. The molecule has 12 heavy (non-hydrogen) atoms. The van der Waals surface area contributed by atoms with E-state index in [9.17, 15) is 4.79 Å². The zero-order valence-corrected chi connectivity index (χ0v) is 8.00. The Kier molecular flexibility index (Phi) is 6.38. The standard InChI is InChI=1S/C9H13NOS/c1-3-9(5-7-11)10-6-4-8(2)12/h3-4,6-8,12H,1,5H2,2H3/b6-4-,10-9?. The molecule has 2 nitrogen and oxygen atoms in total. The first kappa shape index (κ1) is 11.2. The normalized spacial score (nSPS) is 14.7. The first-order valence-corrected chi connectivity index (χ1v) is 4.19. The van der Waals surface area contributed by atoms with Crippen LogP contribution < -0.4 is 0 Å². The topological polar surface area (TPSA) is 29.4 Å². The van der Waals surface area contributed by atoms with Crippen molar-refractivity contribution < 1.29 is 4.79 Å². The van der Waals surface area contributed by atoms with Gasteiger partial charge in [-0.15, -0.1) is 0 Å². The molecule has 0 aromatic rings. The molecule has 0 aliphatic carbocycles. The van der Waals surface area contributed by atoms with Gasteiger partial charge in [0.05, 0.1) is 0 Å². The second-order valence-electron chi connectivity index (χ2n) is 2.28. The Morgan fingerprint density at radius 1 is 1.75 bits per heavy atom. The quantitative estimate of drug-likeness (QED) is 0.394. The zero-order chi connectivity index (χ0) is 9.40. The summed E-state index contributed by atoms with van der Waals surface area (Å²) in [5.74, 6) is 0. The summed E-state index contributed by atoms with van der Waals surface area (Å²) in [6, 6.07) is 0. The van der Waals surface area contributed by atoms with Gasteiger partial charge in [0.2, 0.25) is 0 Å². The molecule has 0 amide bonds. The molecule has 0 aliphatic rings. The maximum atomic E-state index is 10.1. The van der Waals surface area contributed by atoms with Crippen LogP contribution in [0.3, 0.4) is 0 Å². The van der Waals surface area contributed by atoms with E-state index in [0.29, 0.717) is 12.1 Å². The number of hydrogen-bond acceptors (Lipinski definition) is 3. The van der Waals surface area contributed by atoms with E-state index in [0.717, 1.165) is 6.29 Å². The van der Waals surface area contributed by atoms with Crippen LogP contribution in [0.15, 0.2) is 29.9 Å². The Morgan fingerprint density at radius 3 is 2.83 bits per heavy atom. The molecule has 0 rings (SSSR count). The Bertz CT molecular complexity index is 207. The Hall–Kier alpha value is -0.830. The summed E-state index contributed by atoms with van der Waals surface area (Å²) in [5.41, 5.74) is 0.676. The lowest BCUT2D eigenvalue weighted by Gasteiger charge is -1.92. The molecule has 0 aromatic heterocycles. The van der Waals surface area contributed by atoms with Crippen LogP contribution in [0.5, 0.6) is 0 Å². The second-order valence-corrected chi connectivity index (χ2v) is 3.09. The van der Waals surface area contributed by atoms with Crippen molar-refractivity contribution in [2.45, 2.75) is 18.6 Å². The van der Waals surface area contributed by atoms with Gasteiger partial charge in [-0.05, 0) is 13.0 Å². The molecule has 0 saturated carbocycles. The molecular weight excluding hydrogens is 170 g/mol. The van der Waals surface area contributed by atoms with E-state index in [2.05, 4.69) is 24.2 Å². The van der Waals surface area contributed by atoms with Crippen LogP contribution in [0, 0.1) is 0 Å². The SMILES string of the molecule is C=CC(CC=O)=N/C=C\C(C)S. The predicted octanol–water partition coefficient (Wildman–Crippen LogP) is 2.03. The molecule has 0 aliphatic heterocycles. The number of nitrogens with zero attached hydrogens (tertiary/aromatic N) is 1. The van der Waals surface area contributed by atoms with Crippen LogP contribution in [-0.2, 0) is 4.79 Å². The van der Waals surface area contributed by atoms with E-state index in [4.69, 9.17) is 0 Å². The van der Waals surface area contributed by atoms with Gasteiger partial charge in [0.25, 0.3) is 0 Å². The summed E-state index contributed by atoms with van der Waals surface area (Å²) in [4.78, 5) is 14.1. The van der Waals surface area contributed by atoms with E-state index >= 15 is 0 Å². The number of rotatable bonds is 5. The highest BCUT2D eigenvalue weighted by Crippen LogP contribution is 1.95. The molecular formula is C9H13NOS. The first-order valence-electron chi connectivity index (χ1n) is 3.68. The van der Waals surface area contributed by atoms with E-state index in [1.165, 1.54) is 0 Å². The fourth-order valence-electron chi connectivity index (χ4n) is 0.537. The van der Waals surface area contributed by atoms with E-state index in [-0.39, 0.29) is 5.25 Å². The molecule has 0 heterocycles. The third-order valence-corrected chi connectivity index (χ3v) is 1.31. The van der Waals surface area contributed by atoms with Crippen molar-refractivity contribution >= 4 is 24.6 Å². The predicted molar refractivity (Wildman–Crippen MR) is 55.9 cm³/mol. The molecule has 3 heteroatoms. The number of allylic oxidation sites excluding steroid dienone is 1. The van der Waals surface area contributed by atoms with Crippen LogP contribution in [0.4, 0.5) is 0 Å². The second kappa shape index (κ2) is 6.85. The maximum absolute atomic E-state index is 10.1. The number of aldehydes is 1. The van der Waals surface area contributed by atoms with Gasteiger partial charge in [0.15, 0.2) is 0 Å². The molecule has 0 bridgehead atoms. The van der Waals surface area contributed by atoms with Gasteiger partial charge in [0.1, 0.15) is 6.29 Å². The number of aliphatic imine (C=N–C) groups is 1. The molecule has 0 fully saturated rings. The summed E-state index contributed by atoms with van der Waals surface area (Å²) < 4.78 is 0. The fraction of sp³-hybridized carbons (Fsp3) is 0.333. The Balaban J connectivity index is 4.09. The van der Waals surface area contributed by atoms with Gasteiger partial charge in [-0.25, -0.2) is 0 Å². The Morgan fingerprint density at radius 2 is 2.42 bits per heavy atom. The minimum Gasteiger partial charge on any atom is -0.303 e. The molecule has 0 saturated heterocycles. The average Bonchev–Trinajstić information content (AvgIpc) is 2.02. The van der Waals surface area contributed by atoms with Gasteiger partial charge < -0.3 is 4.79 Å². The fourth-order valence-corrected chi connectivity index (χ4v) is 0.614. The third kappa shape index (κ3) is 5.92. The highest BCUT2D eigenvalue weighted by Gasteiger charge is 1.88. The highest BCUT2D eigenvalue weighted by atomic mass is 32.1. The van der Waals surface area contributed by atoms with Crippen molar-refractivity contribution in [2.24, 2.45) is 4.99 Å². The van der Waals surface area contributed by atoms with Crippen molar-refractivity contribution in [1.29, 1.82) is 0 Å². The van der Waals surface area contributed by atoms with E-state index < -0.39 is 0 Å². The monoisotopic (exact) mass is 183 g/mol. The minimum atomic E-state index is 0.177. The highest BCUT2D eigenvalue weighted by molar-refractivity contribution is 7.81. The van der Waals surface area contributed by atoms with Crippen molar-refractivity contribution in [1.82, 2.24) is 0 Å². The van der Waals surface area contributed by atoms with Crippen LogP contribution in [0.1, 0.15) is 13.3 Å². The van der Waals surface area contributed by atoms with Crippen LogP contribution in [-0.4, -0.2) is 17.2 Å². The molecule has 66 valence electrons. The number of carbonyl (C=O) groups excluding carboxylic acids is 1. The van der Waals surface area contributed by atoms with Crippen molar-refractivity contribution in [2.75, 3.05) is 0 Å².